The van der Waals surface area contributed by atoms with Crippen LogP contribution in [0.4, 0.5) is 0 Å². The van der Waals surface area contributed by atoms with Crippen molar-refractivity contribution in [2.24, 2.45) is 0 Å². The SMILES string of the molecule is O=S(=O)(Cc1ccc(CO)cc1)NCCc1cnc[nH]1. The minimum atomic E-state index is -3.35. The average Bonchev–Trinajstić information content (AvgIpc) is 2.92. The molecule has 0 radical (unpaired) electrons. The summed E-state index contributed by atoms with van der Waals surface area (Å²) in [5.74, 6) is -0.0678. The Bertz CT molecular complexity index is 621. The average molecular weight is 295 g/mol. The fourth-order valence-electron chi connectivity index (χ4n) is 1.77. The van der Waals surface area contributed by atoms with Crippen LogP contribution in [-0.2, 0) is 28.8 Å². The zero-order chi connectivity index (χ0) is 14.4. The molecule has 0 aliphatic carbocycles. The van der Waals surface area contributed by atoms with Crippen molar-refractivity contribution in [1.82, 2.24) is 14.7 Å². The molecule has 0 aliphatic rings. The van der Waals surface area contributed by atoms with Crippen molar-refractivity contribution in [3.63, 3.8) is 0 Å². The van der Waals surface area contributed by atoms with E-state index in [1.54, 1.807) is 36.8 Å². The number of hydrogen-bond donors (Lipinski definition) is 3. The van der Waals surface area contributed by atoms with E-state index in [9.17, 15) is 8.42 Å². The molecule has 0 fully saturated rings. The lowest BCUT2D eigenvalue weighted by Gasteiger charge is -2.06. The molecule has 1 heterocycles. The third-order valence-corrected chi connectivity index (χ3v) is 4.19. The number of sulfonamides is 1. The number of imidazole rings is 1. The summed E-state index contributed by atoms with van der Waals surface area (Å²) in [6, 6.07) is 6.85. The van der Waals surface area contributed by atoms with Crippen LogP contribution >= 0.6 is 0 Å². The Labute approximate surface area is 117 Å². The van der Waals surface area contributed by atoms with Gasteiger partial charge in [0.2, 0.25) is 10.0 Å². The number of benzene rings is 1. The van der Waals surface area contributed by atoms with Gasteiger partial charge < -0.3 is 10.1 Å². The molecule has 1 aromatic heterocycles. The minimum absolute atomic E-state index is 0.0462. The summed E-state index contributed by atoms with van der Waals surface area (Å²) in [4.78, 5) is 6.78. The summed E-state index contributed by atoms with van der Waals surface area (Å²) in [5, 5.41) is 8.93. The van der Waals surface area contributed by atoms with Crippen LogP contribution in [0.25, 0.3) is 0 Å². The quantitative estimate of drug-likeness (QED) is 0.695. The van der Waals surface area contributed by atoms with Gasteiger partial charge in [-0.1, -0.05) is 24.3 Å². The Morgan fingerprint density at radius 1 is 1.20 bits per heavy atom. The van der Waals surface area contributed by atoms with Crippen molar-refractivity contribution in [3.05, 3.63) is 53.6 Å². The molecule has 7 heteroatoms. The predicted octanol–water partition coefficient (Wildman–Crippen LogP) is 0.564. The van der Waals surface area contributed by atoms with Crippen LogP contribution in [0.5, 0.6) is 0 Å². The number of nitrogens with one attached hydrogen (secondary N) is 2. The first-order valence-corrected chi connectivity index (χ1v) is 7.87. The molecular weight excluding hydrogens is 278 g/mol. The second-order valence-electron chi connectivity index (χ2n) is 4.45. The van der Waals surface area contributed by atoms with Gasteiger partial charge in [0.25, 0.3) is 0 Å². The molecule has 0 bridgehead atoms. The molecule has 108 valence electrons. The van der Waals surface area contributed by atoms with E-state index < -0.39 is 10.0 Å². The van der Waals surface area contributed by atoms with Crippen LogP contribution in [0.2, 0.25) is 0 Å². The summed E-state index contributed by atoms with van der Waals surface area (Å²) in [6.45, 7) is 0.286. The Kier molecular flexibility index (Phi) is 4.89. The Morgan fingerprint density at radius 2 is 1.90 bits per heavy atom. The van der Waals surface area contributed by atoms with Gasteiger partial charge in [0, 0.05) is 24.9 Å². The van der Waals surface area contributed by atoms with E-state index >= 15 is 0 Å². The molecule has 0 saturated heterocycles. The van der Waals surface area contributed by atoms with Gasteiger partial charge in [0.15, 0.2) is 0 Å². The van der Waals surface area contributed by atoms with Crippen LogP contribution < -0.4 is 4.72 Å². The van der Waals surface area contributed by atoms with Crippen molar-refractivity contribution in [1.29, 1.82) is 0 Å². The molecule has 2 aromatic rings. The monoisotopic (exact) mass is 295 g/mol. The second-order valence-corrected chi connectivity index (χ2v) is 6.26. The molecule has 1 aromatic carbocycles. The van der Waals surface area contributed by atoms with Crippen molar-refractivity contribution in [2.45, 2.75) is 18.8 Å². The first kappa shape index (κ1) is 14.7. The Hall–Kier alpha value is -1.70. The lowest BCUT2D eigenvalue weighted by atomic mass is 10.2. The maximum atomic E-state index is 11.9. The van der Waals surface area contributed by atoms with Gasteiger partial charge in [-0.2, -0.15) is 0 Å². The summed E-state index contributed by atoms with van der Waals surface area (Å²) in [7, 11) is -3.35. The number of rotatable bonds is 7. The van der Waals surface area contributed by atoms with Gasteiger partial charge in [-0.15, -0.1) is 0 Å². The number of aromatic nitrogens is 2. The Morgan fingerprint density at radius 3 is 2.50 bits per heavy atom. The predicted molar refractivity (Wildman–Crippen MR) is 75.3 cm³/mol. The molecule has 0 aliphatic heterocycles. The lowest BCUT2D eigenvalue weighted by Crippen LogP contribution is -2.27. The first-order valence-electron chi connectivity index (χ1n) is 6.22. The number of aliphatic hydroxyl groups is 1. The van der Waals surface area contributed by atoms with Gasteiger partial charge >= 0.3 is 0 Å². The molecule has 6 nitrogen and oxygen atoms in total. The van der Waals surface area contributed by atoms with Crippen molar-refractivity contribution < 1.29 is 13.5 Å². The standard InChI is InChI=1S/C13H17N3O3S/c17-8-11-1-3-12(4-2-11)9-20(18,19)16-6-5-13-7-14-10-15-13/h1-4,7,10,16-17H,5-6,8-9H2,(H,14,15). The molecule has 0 amide bonds. The molecule has 2 rings (SSSR count). The normalized spacial score (nSPS) is 11.7. The Balaban J connectivity index is 1.86. The van der Waals surface area contributed by atoms with E-state index in [4.69, 9.17) is 5.11 Å². The summed E-state index contributed by atoms with van der Waals surface area (Å²) in [5.41, 5.74) is 2.34. The van der Waals surface area contributed by atoms with Crippen LogP contribution in [0, 0.1) is 0 Å². The van der Waals surface area contributed by atoms with E-state index in [1.807, 2.05) is 0 Å². The van der Waals surface area contributed by atoms with Crippen molar-refractivity contribution in [2.75, 3.05) is 6.54 Å². The van der Waals surface area contributed by atoms with Gasteiger partial charge in [0.1, 0.15) is 0 Å². The van der Waals surface area contributed by atoms with E-state index in [0.717, 1.165) is 11.3 Å². The maximum Gasteiger partial charge on any atom is 0.215 e. The highest BCUT2D eigenvalue weighted by atomic mass is 32.2. The van der Waals surface area contributed by atoms with E-state index in [1.165, 1.54) is 0 Å². The second kappa shape index (κ2) is 6.65. The maximum absolute atomic E-state index is 11.9. The lowest BCUT2D eigenvalue weighted by molar-refractivity contribution is 0.282. The fraction of sp³-hybridized carbons (Fsp3) is 0.308. The van der Waals surface area contributed by atoms with Crippen LogP contribution in [0.15, 0.2) is 36.8 Å². The number of nitrogens with zero attached hydrogens (tertiary/aromatic N) is 1. The van der Waals surface area contributed by atoms with Crippen molar-refractivity contribution in [3.8, 4) is 0 Å². The van der Waals surface area contributed by atoms with Crippen molar-refractivity contribution >= 4 is 10.0 Å². The molecular formula is C13H17N3O3S. The van der Waals surface area contributed by atoms with Gasteiger partial charge in [-0.25, -0.2) is 18.1 Å². The number of H-pyrrole nitrogens is 1. The summed E-state index contributed by atoms with van der Waals surface area (Å²) >= 11 is 0. The topological polar surface area (TPSA) is 95.1 Å². The van der Waals surface area contributed by atoms with E-state index in [-0.39, 0.29) is 12.4 Å². The molecule has 20 heavy (non-hydrogen) atoms. The highest BCUT2D eigenvalue weighted by molar-refractivity contribution is 7.88. The zero-order valence-electron chi connectivity index (χ0n) is 10.9. The molecule has 3 N–H and O–H groups in total. The smallest absolute Gasteiger partial charge is 0.215 e. The van der Waals surface area contributed by atoms with E-state index in [2.05, 4.69) is 14.7 Å². The van der Waals surface area contributed by atoms with Gasteiger partial charge in [-0.05, 0) is 11.1 Å². The van der Waals surface area contributed by atoms with Gasteiger partial charge in [-0.3, -0.25) is 0 Å². The van der Waals surface area contributed by atoms with Gasteiger partial charge in [0.05, 0.1) is 18.7 Å². The summed E-state index contributed by atoms with van der Waals surface area (Å²) < 4.78 is 26.3. The third kappa shape index (κ3) is 4.44. The molecule has 0 saturated carbocycles. The van der Waals surface area contributed by atoms with Crippen LogP contribution in [0.3, 0.4) is 0 Å². The first-order chi connectivity index (χ1) is 9.59. The molecule has 0 atom stereocenters. The fourth-order valence-corrected chi connectivity index (χ4v) is 2.92. The number of aromatic amines is 1. The number of aliphatic hydroxyl groups excluding tert-OH is 1. The van der Waals surface area contributed by atoms with Crippen LogP contribution in [-0.4, -0.2) is 30.0 Å². The number of hydrogen-bond acceptors (Lipinski definition) is 4. The highest BCUT2D eigenvalue weighted by Crippen LogP contribution is 2.07. The minimum Gasteiger partial charge on any atom is -0.392 e. The largest absolute Gasteiger partial charge is 0.392 e. The third-order valence-electron chi connectivity index (χ3n) is 2.83. The van der Waals surface area contributed by atoms with E-state index in [0.29, 0.717) is 18.5 Å². The van der Waals surface area contributed by atoms with Crippen LogP contribution in [0.1, 0.15) is 16.8 Å². The molecule has 0 unspecified atom stereocenters. The molecule has 0 spiro atoms. The summed E-state index contributed by atoms with van der Waals surface area (Å²) in [6.07, 6.45) is 3.80. The zero-order valence-corrected chi connectivity index (χ0v) is 11.7. The highest BCUT2D eigenvalue weighted by Gasteiger charge is 2.11.